The summed E-state index contributed by atoms with van der Waals surface area (Å²) in [5, 5.41) is 14.8. The minimum atomic E-state index is -1.07. The van der Waals surface area contributed by atoms with E-state index in [2.05, 4.69) is 10.6 Å². The van der Waals surface area contributed by atoms with Crippen molar-refractivity contribution in [2.75, 3.05) is 0 Å². The molecule has 0 fully saturated rings. The van der Waals surface area contributed by atoms with Gasteiger partial charge in [-0.2, -0.15) is 0 Å². The lowest BCUT2D eigenvalue weighted by Gasteiger charge is -2.26. The minimum Gasteiger partial charge on any atom is -0.445 e. The number of alkyl carbamates (subject to hydrolysis) is 1. The molecule has 172 valence electrons. The smallest absolute Gasteiger partial charge is 0.408 e. The molecule has 0 saturated carbocycles. The van der Waals surface area contributed by atoms with Gasteiger partial charge in [-0.3, -0.25) is 14.8 Å². The number of carbonyl (C=O) groups is 3. The Morgan fingerprint density at radius 1 is 1.00 bits per heavy atom. The quantitative estimate of drug-likeness (QED) is 0.320. The predicted molar refractivity (Wildman–Crippen MR) is 120 cm³/mol. The molecule has 0 aliphatic carbocycles. The van der Waals surface area contributed by atoms with Gasteiger partial charge in [0.1, 0.15) is 18.7 Å². The number of ether oxygens (including phenoxy) is 1. The summed E-state index contributed by atoms with van der Waals surface area (Å²) in [6.07, 6.45) is -0.0423. The van der Waals surface area contributed by atoms with Gasteiger partial charge in [-0.1, -0.05) is 74.3 Å². The lowest BCUT2D eigenvalue weighted by atomic mass is 9.97. The van der Waals surface area contributed by atoms with E-state index in [9.17, 15) is 14.4 Å². The highest BCUT2D eigenvalue weighted by Crippen LogP contribution is 2.14. The Morgan fingerprint density at radius 3 is 2.31 bits per heavy atom. The number of rotatable bonds is 10. The summed E-state index contributed by atoms with van der Waals surface area (Å²) in [4.78, 5) is 37.4. The second-order valence-corrected chi connectivity index (χ2v) is 7.88. The lowest BCUT2D eigenvalue weighted by molar-refractivity contribution is -0.135. The van der Waals surface area contributed by atoms with Crippen LogP contribution in [0.25, 0.3) is 0 Å². The van der Waals surface area contributed by atoms with Crippen LogP contribution < -0.4 is 16.1 Å². The molecule has 2 aromatic rings. The zero-order valence-corrected chi connectivity index (χ0v) is 18.8. The molecule has 0 heterocycles. The van der Waals surface area contributed by atoms with Gasteiger partial charge in [0.2, 0.25) is 5.91 Å². The third kappa shape index (κ3) is 7.86. The minimum absolute atomic E-state index is 0.0613. The van der Waals surface area contributed by atoms with Gasteiger partial charge in [0, 0.05) is 11.4 Å². The summed E-state index contributed by atoms with van der Waals surface area (Å²) in [6.45, 7) is 3.75. The van der Waals surface area contributed by atoms with E-state index in [1.165, 1.54) is 0 Å². The number of hydroxylamine groups is 1. The molecule has 0 aromatic heterocycles. The molecule has 9 heteroatoms. The molecule has 0 radical (unpaired) electrons. The van der Waals surface area contributed by atoms with Crippen molar-refractivity contribution in [3.63, 3.8) is 0 Å². The second-order valence-electron chi connectivity index (χ2n) is 7.44. The highest BCUT2D eigenvalue weighted by molar-refractivity contribution is 6.30. The molecule has 3 amide bonds. The van der Waals surface area contributed by atoms with Gasteiger partial charge >= 0.3 is 6.09 Å². The van der Waals surface area contributed by atoms with E-state index in [4.69, 9.17) is 21.5 Å². The Balaban J connectivity index is 2.06. The fraction of sp³-hybridized carbons (Fsp3) is 0.348. The van der Waals surface area contributed by atoms with Crippen molar-refractivity contribution in [1.82, 2.24) is 16.1 Å². The summed E-state index contributed by atoms with van der Waals surface area (Å²) in [7, 11) is 0. The third-order valence-corrected chi connectivity index (χ3v) is 5.29. The summed E-state index contributed by atoms with van der Waals surface area (Å²) in [6, 6.07) is 14.0. The zero-order valence-electron chi connectivity index (χ0n) is 18.0. The van der Waals surface area contributed by atoms with E-state index < -0.39 is 30.0 Å². The first kappa shape index (κ1) is 25.2. The molecule has 2 rings (SSSR count). The van der Waals surface area contributed by atoms with Crippen LogP contribution in [0.1, 0.15) is 31.4 Å². The van der Waals surface area contributed by atoms with Crippen molar-refractivity contribution < 1.29 is 24.3 Å². The first-order chi connectivity index (χ1) is 15.3. The maximum absolute atomic E-state index is 13.0. The van der Waals surface area contributed by atoms with Crippen LogP contribution in [0.15, 0.2) is 54.6 Å². The van der Waals surface area contributed by atoms with Crippen molar-refractivity contribution >= 4 is 29.5 Å². The molecule has 3 atom stereocenters. The molecule has 8 nitrogen and oxygen atoms in total. The molecule has 0 saturated heterocycles. The molecule has 0 spiro atoms. The number of amides is 3. The molecule has 4 N–H and O–H groups in total. The predicted octanol–water partition coefficient (Wildman–Crippen LogP) is 3.21. The normalized spacial score (nSPS) is 13.4. The first-order valence-corrected chi connectivity index (χ1v) is 10.7. The second kappa shape index (κ2) is 12.7. The lowest BCUT2D eigenvalue weighted by Crippen LogP contribution is -2.56. The Hall–Kier alpha value is -3.10. The SMILES string of the molecule is CC[C@H](C)[C@H](NC(=O)OCc1ccccc1)C(=O)N[C@@H](Cc1cccc(Cl)c1)C(=O)NO. The molecule has 32 heavy (non-hydrogen) atoms. The van der Waals surface area contributed by atoms with E-state index in [1.54, 1.807) is 36.7 Å². The van der Waals surface area contributed by atoms with Crippen LogP contribution in [-0.4, -0.2) is 35.2 Å². The van der Waals surface area contributed by atoms with Crippen molar-refractivity contribution in [2.45, 2.75) is 45.4 Å². The van der Waals surface area contributed by atoms with Gasteiger partial charge in [0.25, 0.3) is 5.91 Å². The van der Waals surface area contributed by atoms with Crippen LogP contribution in [0, 0.1) is 5.92 Å². The molecule has 0 aliphatic heterocycles. The number of carbonyl (C=O) groups excluding carboxylic acids is 3. The number of benzene rings is 2. The van der Waals surface area contributed by atoms with Crippen LogP contribution >= 0.6 is 11.6 Å². The fourth-order valence-corrected chi connectivity index (χ4v) is 3.25. The summed E-state index contributed by atoms with van der Waals surface area (Å²) >= 11 is 5.99. The number of nitrogens with one attached hydrogen (secondary N) is 3. The molecular formula is C23H28ClN3O5. The van der Waals surface area contributed by atoms with Gasteiger partial charge in [-0.05, 0) is 29.2 Å². The van der Waals surface area contributed by atoms with Crippen molar-refractivity contribution in [3.05, 3.63) is 70.7 Å². The highest BCUT2D eigenvalue weighted by Gasteiger charge is 2.30. The van der Waals surface area contributed by atoms with Gasteiger partial charge in [0.05, 0.1) is 0 Å². The third-order valence-electron chi connectivity index (χ3n) is 5.05. The number of hydrogen-bond acceptors (Lipinski definition) is 5. The van der Waals surface area contributed by atoms with Crippen molar-refractivity contribution in [1.29, 1.82) is 0 Å². The van der Waals surface area contributed by atoms with Gasteiger partial charge in [0.15, 0.2) is 0 Å². The summed E-state index contributed by atoms with van der Waals surface area (Å²) in [5.74, 6) is -1.58. The van der Waals surface area contributed by atoms with Crippen LogP contribution in [0.4, 0.5) is 4.79 Å². The largest absolute Gasteiger partial charge is 0.445 e. The summed E-state index contributed by atoms with van der Waals surface area (Å²) in [5.41, 5.74) is 3.08. The number of hydrogen-bond donors (Lipinski definition) is 4. The Morgan fingerprint density at radius 2 is 1.69 bits per heavy atom. The molecule has 2 aromatic carbocycles. The van der Waals surface area contributed by atoms with E-state index in [0.29, 0.717) is 17.0 Å². The average molecular weight is 462 g/mol. The van der Waals surface area contributed by atoms with E-state index in [-0.39, 0.29) is 18.9 Å². The average Bonchev–Trinajstić information content (AvgIpc) is 2.80. The van der Waals surface area contributed by atoms with Crippen LogP contribution in [0.3, 0.4) is 0 Å². The van der Waals surface area contributed by atoms with E-state index in [0.717, 1.165) is 5.56 Å². The first-order valence-electron chi connectivity index (χ1n) is 10.3. The van der Waals surface area contributed by atoms with E-state index in [1.807, 2.05) is 37.3 Å². The van der Waals surface area contributed by atoms with Crippen molar-refractivity contribution in [3.8, 4) is 0 Å². The van der Waals surface area contributed by atoms with E-state index >= 15 is 0 Å². The van der Waals surface area contributed by atoms with Gasteiger partial charge in [-0.15, -0.1) is 0 Å². The molecule has 0 bridgehead atoms. The molecule has 0 unspecified atom stereocenters. The van der Waals surface area contributed by atoms with Crippen LogP contribution in [0.2, 0.25) is 5.02 Å². The highest BCUT2D eigenvalue weighted by atomic mass is 35.5. The fourth-order valence-electron chi connectivity index (χ4n) is 3.04. The molecule has 0 aliphatic rings. The van der Waals surface area contributed by atoms with Gasteiger partial charge < -0.3 is 15.4 Å². The summed E-state index contributed by atoms with van der Waals surface area (Å²) < 4.78 is 5.22. The Labute approximate surface area is 192 Å². The zero-order chi connectivity index (χ0) is 23.5. The van der Waals surface area contributed by atoms with Crippen LogP contribution in [-0.2, 0) is 27.4 Å². The maximum Gasteiger partial charge on any atom is 0.408 e. The Kier molecular flexibility index (Phi) is 9.97. The molecular weight excluding hydrogens is 434 g/mol. The van der Waals surface area contributed by atoms with Crippen LogP contribution in [0.5, 0.6) is 0 Å². The standard InChI is InChI=1S/C23H28ClN3O5/c1-3-15(2)20(26-23(30)32-14-16-8-5-4-6-9-16)22(29)25-19(21(28)27-31)13-17-10-7-11-18(24)12-17/h4-12,15,19-20,31H,3,13-14H2,1-2H3,(H,25,29)(H,26,30)(H,27,28)/t15-,19-,20-/m0/s1. The topological polar surface area (TPSA) is 117 Å². The Bertz CT molecular complexity index is 910. The van der Waals surface area contributed by atoms with Crippen molar-refractivity contribution in [2.24, 2.45) is 5.92 Å². The monoisotopic (exact) mass is 461 g/mol. The van der Waals surface area contributed by atoms with Gasteiger partial charge in [-0.25, -0.2) is 10.3 Å². The maximum atomic E-state index is 13.0. The number of halogens is 1.